The number of ether oxygens (including phenoxy) is 2. The fraction of sp³-hybridized carbons (Fsp3) is 0.261. The van der Waals surface area contributed by atoms with Crippen LogP contribution in [0.5, 0.6) is 11.5 Å². The third-order valence-electron chi connectivity index (χ3n) is 4.35. The van der Waals surface area contributed by atoms with Gasteiger partial charge in [-0.2, -0.15) is 5.10 Å². The predicted octanol–water partition coefficient (Wildman–Crippen LogP) is 6.66. The van der Waals surface area contributed by atoms with Crippen LogP contribution in [0.4, 0.5) is 0 Å². The van der Waals surface area contributed by atoms with Crippen LogP contribution in [0.2, 0.25) is 5.02 Å². The summed E-state index contributed by atoms with van der Waals surface area (Å²) in [6, 6.07) is 11.2. The second-order valence-corrected chi connectivity index (χ2v) is 10.2. The van der Waals surface area contributed by atoms with Crippen LogP contribution in [0, 0.1) is 0 Å². The topological polar surface area (TPSA) is 72.8 Å². The minimum absolute atomic E-state index is 0.210. The van der Waals surface area contributed by atoms with Gasteiger partial charge in [-0.15, -0.1) is 11.3 Å². The van der Waals surface area contributed by atoms with Gasteiger partial charge in [-0.1, -0.05) is 48.8 Å². The summed E-state index contributed by atoms with van der Waals surface area (Å²) in [5, 5.41) is 6.70. The van der Waals surface area contributed by atoms with E-state index >= 15 is 0 Å². The number of carbonyl (C=O) groups excluding carboxylic acids is 1. The first kappa shape index (κ1) is 25.6. The Balaban J connectivity index is 1.52. The number of nitrogens with one attached hydrogen (secondary N) is 1. The van der Waals surface area contributed by atoms with Gasteiger partial charge in [0.25, 0.3) is 5.91 Å². The number of aromatic nitrogens is 1. The number of hydrogen-bond donors (Lipinski definition) is 1. The van der Waals surface area contributed by atoms with E-state index in [0.717, 1.165) is 38.5 Å². The lowest BCUT2D eigenvalue weighted by molar-refractivity contribution is -0.118. The number of nitrogens with zero attached hydrogens (tertiary/aromatic N) is 2. The molecule has 174 valence electrons. The molecule has 10 heteroatoms. The summed E-state index contributed by atoms with van der Waals surface area (Å²) in [6.45, 7) is 2.73. The van der Waals surface area contributed by atoms with Crippen molar-refractivity contribution in [1.29, 1.82) is 0 Å². The number of unbranched alkanes of at least 4 members (excludes halogenated alkanes) is 1. The van der Waals surface area contributed by atoms with Crippen molar-refractivity contribution in [2.75, 3.05) is 19.5 Å². The third kappa shape index (κ3) is 7.74. The molecule has 0 saturated carbocycles. The number of halogens is 2. The standard InChI is InChI=1S/C23H23BrClN3O3S2/c1-3-4-9-31-22-18(24)10-15(11-20(22)30-2)12-26-28-21(29)14-33-23-27-19(13-32-23)16-5-7-17(25)8-6-16/h5-8,10-13H,3-4,9,14H2,1-2H3,(H,28,29)/b26-12+. The summed E-state index contributed by atoms with van der Waals surface area (Å²) < 4.78 is 12.8. The second kappa shape index (κ2) is 13.0. The van der Waals surface area contributed by atoms with Crippen molar-refractivity contribution in [2.24, 2.45) is 5.10 Å². The highest BCUT2D eigenvalue weighted by molar-refractivity contribution is 9.10. The molecule has 0 atom stereocenters. The fourth-order valence-corrected chi connectivity index (χ4v) is 5.02. The quantitative estimate of drug-likeness (QED) is 0.121. The minimum atomic E-state index is -0.218. The number of thioether (sulfide) groups is 1. The van der Waals surface area contributed by atoms with Gasteiger partial charge in [-0.05, 0) is 52.2 Å². The van der Waals surface area contributed by atoms with Gasteiger partial charge in [0.15, 0.2) is 15.8 Å². The number of thiazole rings is 1. The number of hydrogen-bond acceptors (Lipinski definition) is 7. The number of carbonyl (C=O) groups is 1. The highest BCUT2D eigenvalue weighted by Crippen LogP contribution is 2.36. The lowest BCUT2D eigenvalue weighted by atomic mass is 10.2. The molecule has 0 aliphatic heterocycles. The number of methoxy groups -OCH3 is 1. The van der Waals surface area contributed by atoms with E-state index in [0.29, 0.717) is 23.1 Å². The van der Waals surface area contributed by atoms with Gasteiger partial charge >= 0.3 is 0 Å². The maximum atomic E-state index is 12.2. The van der Waals surface area contributed by atoms with E-state index in [1.165, 1.54) is 23.1 Å². The molecule has 0 spiro atoms. The smallest absolute Gasteiger partial charge is 0.250 e. The molecule has 0 aliphatic rings. The van der Waals surface area contributed by atoms with E-state index in [4.69, 9.17) is 21.1 Å². The average Bonchev–Trinajstić information content (AvgIpc) is 3.28. The summed E-state index contributed by atoms with van der Waals surface area (Å²) in [4.78, 5) is 16.7. The zero-order chi connectivity index (χ0) is 23.6. The molecule has 0 radical (unpaired) electrons. The molecule has 6 nitrogen and oxygen atoms in total. The first-order chi connectivity index (χ1) is 16.0. The summed E-state index contributed by atoms with van der Waals surface area (Å²) in [5.74, 6) is 1.25. The molecular weight excluding hydrogens is 546 g/mol. The molecule has 0 unspecified atom stereocenters. The fourth-order valence-electron chi connectivity index (χ4n) is 2.69. The van der Waals surface area contributed by atoms with Crippen LogP contribution >= 0.6 is 50.6 Å². The summed E-state index contributed by atoms with van der Waals surface area (Å²) >= 11 is 12.3. The Morgan fingerprint density at radius 2 is 2.12 bits per heavy atom. The molecule has 1 amide bonds. The molecule has 1 aromatic heterocycles. The van der Waals surface area contributed by atoms with E-state index in [1.807, 2.05) is 41.8 Å². The van der Waals surface area contributed by atoms with Crippen LogP contribution < -0.4 is 14.9 Å². The molecule has 3 rings (SSSR count). The van der Waals surface area contributed by atoms with Crippen molar-refractivity contribution in [3.63, 3.8) is 0 Å². The number of hydrazone groups is 1. The van der Waals surface area contributed by atoms with Crippen molar-refractivity contribution >= 4 is 62.8 Å². The Kier molecular flexibility index (Phi) is 10.1. The summed E-state index contributed by atoms with van der Waals surface area (Å²) in [5.41, 5.74) is 5.16. The molecule has 2 aromatic carbocycles. The van der Waals surface area contributed by atoms with Crippen molar-refractivity contribution in [3.8, 4) is 22.8 Å². The Morgan fingerprint density at radius 3 is 2.85 bits per heavy atom. The largest absolute Gasteiger partial charge is 0.493 e. The highest BCUT2D eigenvalue weighted by atomic mass is 79.9. The molecule has 0 saturated heterocycles. The molecular formula is C23H23BrClN3O3S2. The molecule has 0 bridgehead atoms. The molecule has 0 aliphatic carbocycles. The van der Waals surface area contributed by atoms with E-state index in [9.17, 15) is 4.79 Å². The minimum Gasteiger partial charge on any atom is -0.493 e. The van der Waals surface area contributed by atoms with Crippen molar-refractivity contribution in [2.45, 2.75) is 24.1 Å². The SMILES string of the molecule is CCCCOc1c(Br)cc(/C=N/NC(=O)CSc2nc(-c3ccc(Cl)cc3)cs2)cc1OC. The molecule has 1 N–H and O–H groups in total. The van der Waals surface area contributed by atoms with Crippen LogP contribution in [0.3, 0.4) is 0 Å². The van der Waals surface area contributed by atoms with Crippen molar-refractivity contribution in [1.82, 2.24) is 10.4 Å². The maximum absolute atomic E-state index is 12.2. The second-order valence-electron chi connectivity index (χ2n) is 6.82. The number of amides is 1. The zero-order valence-electron chi connectivity index (χ0n) is 18.1. The highest BCUT2D eigenvalue weighted by Gasteiger charge is 2.11. The van der Waals surface area contributed by atoms with Gasteiger partial charge in [0.2, 0.25) is 0 Å². The van der Waals surface area contributed by atoms with Gasteiger partial charge in [0.05, 0.1) is 35.9 Å². The summed E-state index contributed by atoms with van der Waals surface area (Å²) in [6.07, 6.45) is 3.58. The Hall–Kier alpha value is -2.07. The van der Waals surface area contributed by atoms with Crippen LogP contribution in [-0.4, -0.2) is 36.6 Å². The van der Waals surface area contributed by atoms with Crippen LogP contribution in [0.1, 0.15) is 25.3 Å². The maximum Gasteiger partial charge on any atom is 0.250 e. The van der Waals surface area contributed by atoms with Crippen LogP contribution in [0.25, 0.3) is 11.3 Å². The molecule has 1 heterocycles. The van der Waals surface area contributed by atoms with Crippen LogP contribution in [0.15, 0.2) is 55.7 Å². The molecule has 3 aromatic rings. The van der Waals surface area contributed by atoms with Gasteiger partial charge in [0.1, 0.15) is 0 Å². The third-order valence-corrected chi connectivity index (χ3v) is 7.21. The predicted molar refractivity (Wildman–Crippen MR) is 140 cm³/mol. The Labute approximate surface area is 214 Å². The zero-order valence-corrected chi connectivity index (χ0v) is 22.1. The van der Waals surface area contributed by atoms with Gasteiger partial charge in [-0.25, -0.2) is 10.4 Å². The molecule has 0 fully saturated rings. The van der Waals surface area contributed by atoms with E-state index in [1.54, 1.807) is 13.3 Å². The van der Waals surface area contributed by atoms with E-state index < -0.39 is 0 Å². The number of rotatable bonds is 11. The normalized spacial score (nSPS) is 11.0. The van der Waals surface area contributed by atoms with Gasteiger partial charge in [0, 0.05) is 16.0 Å². The monoisotopic (exact) mass is 567 g/mol. The molecule has 33 heavy (non-hydrogen) atoms. The van der Waals surface area contributed by atoms with Crippen molar-refractivity contribution < 1.29 is 14.3 Å². The van der Waals surface area contributed by atoms with Gasteiger partial charge < -0.3 is 9.47 Å². The van der Waals surface area contributed by atoms with Gasteiger partial charge in [-0.3, -0.25) is 4.79 Å². The first-order valence-corrected chi connectivity index (χ1v) is 13.2. The number of benzene rings is 2. The lowest BCUT2D eigenvalue weighted by Gasteiger charge is -2.13. The summed E-state index contributed by atoms with van der Waals surface area (Å²) in [7, 11) is 1.59. The Bertz CT molecular complexity index is 1110. The van der Waals surface area contributed by atoms with Crippen LogP contribution in [-0.2, 0) is 4.79 Å². The van der Waals surface area contributed by atoms with Crippen molar-refractivity contribution in [3.05, 3.63) is 56.8 Å². The van der Waals surface area contributed by atoms with E-state index in [-0.39, 0.29) is 11.7 Å². The first-order valence-electron chi connectivity index (χ1n) is 10.2. The average molecular weight is 569 g/mol. The Morgan fingerprint density at radius 1 is 1.33 bits per heavy atom. The van der Waals surface area contributed by atoms with E-state index in [2.05, 4.69) is 38.4 Å². The lowest BCUT2D eigenvalue weighted by Crippen LogP contribution is -2.19.